The minimum Gasteiger partial charge on any atom is -0.481 e. The Morgan fingerprint density at radius 3 is 2.80 bits per heavy atom. The molecule has 0 fully saturated rings. The first-order valence-electron chi connectivity index (χ1n) is 8.10. The van der Waals surface area contributed by atoms with Crippen molar-refractivity contribution in [3.63, 3.8) is 0 Å². The lowest BCUT2D eigenvalue weighted by molar-refractivity contribution is -0.139. The predicted octanol–water partition coefficient (Wildman–Crippen LogP) is 4.06. The standard InChI is InChI=1S/C17H22ClN3O3S/c1-5-21-16(19-20-17(21)25-10-15(22)23-6-2)12(4)24-14-9-11(3)7-8-13(14)18/h7-9,12H,5-6,10H2,1-4H3. The van der Waals surface area contributed by atoms with Crippen molar-refractivity contribution in [2.75, 3.05) is 12.4 Å². The zero-order chi connectivity index (χ0) is 18.4. The first kappa shape index (κ1) is 19.6. The molecular weight excluding hydrogens is 362 g/mol. The molecule has 0 aliphatic rings. The smallest absolute Gasteiger partial charge is 0.316 e. The summed E-state index contributed by atoms with van der Waals surface area (Å²) in [6, 6.07) is 5.63. The average molecular weight is 384 g/mol. The number of halogens is 1. The van der Waals surface area contributed by atoms with Gasteiger partial charge in [-0.2, -0.15) is 0 Å². The third-order valence-corrected chi connectivity index (χ3v) is 4.69. The van der Waals surface area contributed by atoms with Gasteiger partial charge in [-0.05, 0) is 45.4 Å². The molecule has 0 radical (unpaired) electrons. The van der Waals surface area contributed by atoms with Gasteiger partial charge in [0, 0.05) is 6.54 Å². The Bertz CT molecular complexity index is 736. The molecule has 136 valence electrons. The second kappa shape index (κ2) is 9.10. The van der Waals surface area contributed by atoms with Crippen molar-refractivity contribution in [3.05, 3.63) is 34.6 Å². The molecule has 0 amide bonds. The van der Waals surface area contributed by atoms with Crippen LogP contribution in [-0.4, -0.2) is 33.1 Å². The Morgan fingerprint density at radius 1 is 1.36 bits per heavy atom. The number of aryl methyl sites for hydroxylation is 1. The summed E-state index contributed by atoms with van der Waals surface area (Å²) in [6.45, 7) is 8.69. The summed E-state index contributed by atoms with van der Waals surface area (Å²) in [4.78, 5) is 11.5. The van der Waals surface area contributed by atoms with E-state index in [1.54, 1.807) is 6.92 Å². The van der Waals surface area contributed by atoms with Gasteiger partial charge in [0.1, 0.15) is 5.75 Å². The van der Waals surface area contributed by atoms with Crippen LogP contribution in [0.4, 0.5) is 0 Å². The lowest BCUT2D eigenvalue weighted by Gasteiger charge is -2.16. The molecule has 1 aromatic heterocycles. The van der Waals surface area contributed by atoms with Crippen molar-refractivity contribution in [3.8, 4) is 5.75 Å². The molecule has 6 nitrogen and oxygen atoms in total. The maximum Gasteiger partial charge on any atom is 0.316 e. The molecule has 0 saturated carbocycles. The van der Waals surface area contributed by atoms with Crippen LogP contribution in [0.1, 0.15) is 38.3 Å². The molecule has 0 spiro atoms. The number of ether oxygens (including phenoxy) is 2. The maximum absolute atomic E-state index is 11.5. The van der Waals surface area contributed by atoms with E-state index in [2.05, 4.69) is 10.2 Å². The summed E-state index contributed by atoms with van der Waals surface area (Å²) in [7, 11) is 0. The number of hydrogen-bond acceptors (Lipinski definition) is 6. The number of carbonyl (C=O) groups excluding carboxylic acids is 1. The number of esters is 1. The summed E-state index contributed by atoms with van der Waals surface area (Å²) < 4.78 is 12.8. The predicted molar refractivity (Wildman–Crippen MR) is 98.3 cm³/mol. The molecule has 1 unspecified atom stereocenters. The van der Waals surface area contributed by atoms with Crippen LogP contribution >= 0.6 is 23.4 Å². The van der Waals surface area contributed by atoms with E-state index < -0.39 is 0 Å². The van der Waals surface area contributed by atoms with Crippen molar-refractivity contribution in [1.82, 2.24) is 14.8 Å². The third-order valence-electron chi connectivity index (χ3n) is 3.44. The second-order valence-corrected chi connectivity index (χ2v) is 6.72. The zero-order valence-electron chi connectivity index (χ0n) is 14.8. The fourth-order valence-electron chi connectivity index (χ4n) is 2.27. The van der Waals surface area contributed by atoms with Crippen molar-refractivity contribution in [2.24, 2.45) is 0 Å². The Morgan fingerprint density at radius 2 is 2.12 bits per heavy atom. The highest BCUT2D eigenvalue weighted by Gasteiger charge is 2.20. The fraction of sp³-hybridized carbons (Fsp3) is 0.471. The van der Waals surface area contributed by atoms with Crippen LogP contribution in [0.2, 0.25) is 5.02 Å². The number of rotatable bonds is 8. The molecular formula is C17H22ClN3O3S. The minimum absolute atomic E-state index is 0.199. The molecule has 25 heavy (non-hydrogen) atoms. The highest BCUT2D eigenvalue weighted by Crippen LogP contribution is 2.30. The molecule has 2 aromatic rings. The Hall–Kier alpha value is -1.73. The third kappa shape index (κ3) is 5.12. The van der Waals surface area contributed by atoms with Gasteiger partial charge in [0.15, 0.2) is 17.1 Å². The minimum atomic E-state index is -0.330. The summed E-state index contributed by atoms with van der Waals surface area (Å²) in [5, 5.41) is 9.62. The second-order valence-electron chi connectivity index (χ2n) is 5.37. The highest BCUT2D eigenvalue weighted by atomic mass is 35.5. The molecule has 0 aliphatic carbocycles. The van der Waals surface area contributed by atoms with Gasteiger partial charge in [-0.3, -0.25) is 4.79 Å². The first-order valence-corrected chi connectivity index (χ1v) is 9.46. The van der Waals surface area contributed by atoms with Crippen LogP contribution in [0, 0.1) is 6.92 Å². The number of aromatic nitrogens is 3. The monoisotopic (exact) mass is 383 g/mol. The number of carbonyl (C=O) groups is 1. The first-order chi connectivity index (χ1) is 12.0. The van der Waals surface area contributed by atoms with Gasteiger partial charge in [-0.1, -0.05) is 29.4 Å². The van der Waals surface area contributed by atoms with Crippen molar-refractivity contribution >= 4 is 29.3 Å². The summed E-state index contributed by atoms with van der Waals surface area (Å²) >= 11 is 7.50. The lowest BCUT2D eigenvalue weighted by Crippen LogP contribution is -2.13. The summed E-state index contributed by atoms with van der Waals surface area (Å²) in [5.74, 6) is 1.23. The lowest BCUT2D eigenvalue weighted by atomic mass is 10.2. The average Bonchev–Trinajstić information content (AvgIpc) is 2.99. The molecule has 1 atom stereocenters. The van der Waals surface area contributed by atoms with Crippen LogP contribution in [0.3, 0.4) is 0 Å². The van der Waals surface area contributed by atoms with E-state index in [0.29, 0.717) is 34.9 Å². The van der Waals surface area contributed by atoms with E-state index in [9.17, 15) is 4.79 Å². The molecule has 0 aliphatic heterocycles. The molecule has 0 bridgehead atoms. The topological polar surface area (TPSA) is 66.2 Å². The quantitative estimate of drug-likeness (QED) is 0.506. The number of nitrogens with zero attached hydrogens (tertiary/aromatic N) is 3. The number of thioether (sulfide) groups is 1. The normalized spacial score (nSPS) is 12.0. The van der Waals surface area contributed by atoms with Gasteiger partial charge < -0.3 is 14.0 Å². The van der Waals surface area contributed by atoms with Gasteiger partial charge in [-0.25, -0.2) is 0 Å². The molecule has 1 aromatic carbocycles. The molecule has 2 rings (SSSR count). The van der Waals surface area contributed by atoms with E-state index in [0.717, 1.165) is 5.56 Å². The molecule has 0 saturated heterocycles. The Labute approximate surface area is 156 Å². The van der Waals surface area contributed by atoms with E-state index in [1.165, 1.54) is 11.8 Å². The van der Waals surface area contributed by atoms with Gasteiger partial charge in [-0.15, -0.1) is 10.2 Å². The van der Waals surface area contributed by atoms with Gasteiger partial charge >= 0.3 is 5.97 Å². The Kier molecular flexibility index (Phi) is 7.13. The summed E-state index contributed by atoms with van der Waals surface area (Å²) in [5.41, 5.74) is 1.06. The molecule has 1 heterocycles. The van der Waals surface area contributed by atoms with Gasteiger partial charge in [0.2, 0.25) is 0 Å². The number of benzene rings is 1. The SMILES string of the molecule is CCOC(=O)CSc1nnc(C(C)Oc2cc(C)ccc2Cl)n1CC. The summed E-state index contributed by atoms with van der Waals surface area (Å²) in [6.07, 6.45) is -0.330. The zero-order valence-corrected chi connectivity index (χ0v) is 16.4. The molecule has 8 heteroatoms. The van der Waals surface area contributed by atoms with Crippen molar-refractivity contribution in [1.29, 1.82) is 0 Å². The number of hydrogen-bond donors (Lipinski definition) is 0. The van der Waals surface area contributed by atoms with Crippen LogP contribution < -0.4 is 4.74 Å². The maximum atomic E-state index is 11.5. The van der Waals surface area contributed by atoms with Gasteiger partial charge in [0.05, 0.1) is 17.4 Å². The van der Waals surface area contributed by atoms with Crippen molar-refractivity contribution < 1.29 is 14.3 Å². The highest BCUT2D eigenvalue weighted by molar-refractivity contribution is 7.99. The Balaban J connectivity index is 2.13. The van der Waals surface area contributed by atoms with E-state index in [1.807, 2.05) is 43.5 Å². The van der Waals surface area contributed by atoms with E-state index in [4.69, 9.17) is 21.1 Å². The van der Waals surface area contributed by atoms with E-state index >= 15 is 0 Å². The van der Waals surface area contributed by atoms with Crippen molar-refractivity contribution in [2.45, 2.75) is 45.5 Å². The van der Waals surface area contributed by atoms with E-state index in [-0.39, 0.29) is 17.8 Å². The fourth-order valence-corrected chi connectivity index (χ4v) is 3.24. The van der Waals surface area contributed by atoms with Crippen LogP contribution in [0.5, 0.6) is 5.75 Å². The van der Waals surface area contributed by atoms with Crippen LogP contribution in [0.15, 0.2) is 23.4 Å². The van der Waals surface area contributed by atoms with Gasteiger partial charge in [0.25, 0.3) is 0 Å². The largest absolute Gasteiger partial charge is 0.481 e. The molecule has 0 N–H and O–H groups in total. The van der Waals surface area contributed by atoms with Crippen LogP contribution in [-0.2, 0) is 16.1 Å². The van der Waals surface area contributed by atoms with Crippen LogP contribution in [0.25, 0.3) is 0 Å².